The number of anilines is 2. The molecule has 1 saturated heterocycles. The maximum absolute atomic E-state index is 5.52. The lowest BCUT2D eigenvalue weighted by molar-refractivity contribution is -0.130. The Morgan fingerprint density at radius 1 is 1.38 bits per heavy atom. The molecule has 7 heteroatoms. The van der Waals surface area contributed by atoms with E-state index in [4.69, 9.17) is 9.47 Å². The Hall–Kier alpha value is -1.15. The molecule has 21 heavy (non-hydrogen) atoms. The second-order valence-electron chi connectivity index (χ2n) is 4.73. The fraction of sp³-hybridized carbons (Fsp3) is 0.429. The number of hydrogen-bond acceptors (Lipinski definition) is 7. The van der Waals surface area contributed by atoms with Crippen LogP contribution >= 0.6 is 23.1 Å². The number of thioether (sulfide) groups is 1. The first-order valence-electron chi connectivity index (χ1n) is 6.79. The summed E-state index contributed by atoms with van der Waals surface area (Å²) in [6, 6.07) is 8.14. The lowest BCUT2D eigenvalue weighted by atomic mass is 10.2. The Labute approximate surface area is 132 Å². The first-order chi connectivity index (χ1) is 10.3. The third-order valence-corrected chi connectivity index (χ3v) is 5.26. The van der Waals surface area contributed by atoms with Crippen LogP contribution < -0.4 is 5.32 Å². The number of benzene rings is 1. The quantitative estimate of drug-likeness (QED) is 0.851. The largest absolute Gasteiger partial charge is 0.355 e. The van der Waals surface area contributed by atoms with Crippen molar-refractivity contribution in [3.8, 4) is 0 Å². The van der Waals surface area contributed by atoms with Gasteiger partial charge in [-0.2, -0.15) is 0 Å². The van der Waals surface area contributed by atoms with Crippen LogP contribution in [0.2, 0.25) is 0 Å². The monoisotopic (exact) mass is 323 g/mol. The average Bonchev–Trinajstić information content (AvgIpc) is 2.96. The van der Waals surface area contributed by atoms with Gasteiger partial charge in [-0.15, -0.1) is 10.2 Å². The summed E-state index contributed by atoms with van der Waals surface area (Å²) < 4.78 is 11.6. The van der Waals surface area contributed by atoms with Gasteiger partial charge in [-0.1, -0.05) is 41.3 Å². The summed E-state index contributed by atoms with van der Waals surface area (Å²) in [5.41, 5.74) is 2.26. The van der Waals surface area contributed by atoms with Crippen molar-refractivity contribution in [3.05, 3.63) is 29.8 Å². The van der Waals surface area contributed by atoms with Crippen LogP contribution in [-0.2, 0) is 9.47 Å². The van der Waals surface area contributed by atoms with Crippen LogP contribution in [0.5, 0.6) is 0 Å². The third-order valence-electron chi connectivity index (χ3n) is 3.16. The standard InChI is InChI=1S/C14H17N3O2S2/c1-10-4-2-3-5-12(10)15-13-16-17-14(21-13)20-8-11-6-7-18-9-19-11/h2-5,11H,6-9H2,1H3,(H,15,16)/t11-/m0/s1. The van der Waals surface area contributed by atoms with Crippen molar-refractivity contribution < 1.29 is 9.47 Å². The van der Waals surface area contributed by atoms with Gasteiger partial charge in [0.1, 0.15) is 6.79 Å². The maximum Gasteiger partial charge on any atom is 0.210 e. The molecular weight excluding hydrogens is 306 g/mol. The predicted molar refractivity (Wildman–Crippen MR) is 85.4 cm³/mol. The van der Waals surface area contributed by atoms with Gasteiger partial charge in [0.05, 0.1) is 12.7 Å². The zero-order chi connectivity index (χ0) is 14.5. The van der Waals surface area contributed by atoms with Crippen molar-refractivity contribution in [2.24, 2.45) is 0 Å². The SMILES string of the molecule is Cc1ccccc1Nc1nnc(SC[C@@H]2CCOCO2)s1. The van der Waals surface area contributed by atoms with E-state index in [0.29, 0.717) is 6.79 Å². The third kappa shape index (κ3) is 4.16. The van der Waals surface area contributed by atoms with E-state index in [1.54, 1.807) is 23.1 Å². The lowest BCUT2D eigenvalue weighted by Crippen LogP contribution is -2.25. The van der Waals surface area contributed by atoms with Crippen LogP contribution in [0.1, 0.15) is 12.0 Å². The molecular formula is C14H17N3O2S2. The van der Waals surface area contributed by atoms with E-state index in [1.807, 2.05) is 18.2 Å². The van der Waals surface area contributed by atoms with Crippen molar-refractivity contribution in [1.29, 1.82) is 0 Å². The van der Waals surface area contributed by atoms with Gasteiger partial charge in [0.2, 0.25) is 5.13 Å². The number of hydrogen-bond donors (Lipinski definition) is 1. The highest BCUT2D eigenvalue weighted by atomic mass is 32.2. The molecule has 0 radical (unpaired) electrons. The summed E-state index contributed by atoms with van der Waals surface area (Å²) in [6.45, 7) is 3.25. The van der Waals surface area contributed by atoms with Gasteiger partial charge in [-0.3, -0.25) is 0 Å². The van der Waals surface area contributed by atoms with Gasteiger partial charge in [-0.25, -0.2) is 0 Å². The van der Waals surface area contributed by atoms with Crippen LogP contribution in [0, 0.1) is 6.92 Å². The van der Waals surface area contributed by atoms with Crippen LogP contribution in [-0.4, -0.2) is 35.5 Å². The van der Waals surface area contributed by atoms with Crippen LogP contribution in [0.15, 0.2) is 28.6 Å². The minimum atomic E-state index is 0.250. The Balaban J connectivity index is 1.55. The Morgan fingerprint density at radius 2 is 2.29 bits per heavy atom. The van der Waals surface area contributed by atoms with Crippen LogP contribution in [0.3, 0.4) is 0 Å². The molecule has 5 nitrogen and oxygen atoms in total. The molecule has 0 unspecified atom stereocenters. The molecule has 1 aliphatic heterocycles. The zero-order valence-electron chi connectivity index (χ0n) is 11.7. The summed E-state index contributed by atoms with van der Waals surface area (Å²) in [4.78, 5) is 0. The highest BCUT2D eigenvalue weighted by molar-refractivity contribution is 8.01. The topological polar surface area (TPSA) is 56.3 Å². The molecule has 2 heterocycles. The number of rotatable bonds is 5. The normalized spacial score (nSPS) is 18.6. The van der Waals surface area contributed by atoms with Gasteiger partial charge >= 0.3 is 0 Å². The number of para-hydroxylation sites is 1. The zero-order valence-corrected chi connectivity index (χ0v) is 13.4. The fourth-order valence-electron chi connectivity index (χ4n) is 1.94. The second-order valence-corrected chi connectivity index (χ2v) is 6.97. The number of ether oxygens (including phenoxy) is 2. The summed E-state index contributed by atoms with van der Waals surface area (Å²) >= 11 is 3.25. The van der Waals surface area contributed by atoms with Gasteiger partial charge < -0.3 is 14.8 Å². The van der Waals surface area contributed by atoms with Crippen molar-refractivity contribution >= 4 is 33.9 Å². The molecule has 2 aromatic rings. The number of aromatic nitrogens is 2. The Morgan fingerprint density at radius 3 is 3.10 bits per heavy atom. The molecule has 0 saturated carbocycles. The second kappa shape index (κ2) is 7.22. The molecule has 0 spiro atoms. The molecule has 1 fully saturated rings. The fourth-order valence-corrected chi connectivity index (χ4v) is 3.80. The number of aryl methyl sites for hydroxylation is 1. The van der Waals surface area contributed by atoms with Crippen molar-refractivity contribution in [1.82, 2.24) is 10.2 Å². The summed E-state index contributed by atoms with van der Waals surface area (Å²) in [5.74, 6) is 0.891. The number of nitrogens with one attached hydrogen (secondary N) is 1. The molecule has 112 valence electrons. The highest BCUT2D eigenvalue weighted by Crippen LogP contribution is 2.29. The summed E-state index contributed by atoms with van der Waals surface area (Å²) in [7, 11) is 0. The molecule has 1 aromatic heterocycles. The van der Waals surface area contributed by atoms with Gasteiger partial charge in [0, 0.05) is 11.4 Å². The Bertz CT molecular complexity index is 585. The Kier molecular flexibility index (Phi) is 5.08. The van der Waals surface area contributed by atoms with Crippen molar-refractivity contribution in [2.75, 3.05) is 24.5 Å². The van der Waals surface area contributed by atoms with E-state index >= 15 is 0 Å². The van der Waals surface area contributed by atoms with Crippen LogP contribution in [0.25, 0.3) is 0 Å². The van der Waals surface area contributed by atoms with E-state index < -0.39 is 0 Å². The van der Waals surface area contributed by atoms with Crippen molar-refractivity contribution in [3.63, 3.8) is 0 Å². The summed E-state index contributed by atoms with van der Waals surface area (Å²) in [5, 5.41) is 12.5. The number of nitrogens with zero attached hydrogens (tertiary/aromatic N) is 2. The van der Waals surface area contributed by atoms with Gasteiger partial charge in [-0.05, 0) is 25.0 Å². The molecule has 1 N–H and O–H groups in total. The van der Waals surface area contributed by atoms with E-state index in [2.05, 4.69) is 28.5 Å². The highest BCUT2D eigenvalue weighted by Gasteiger charge is 2.15. The molecule has 1 atom stereocenters. The molecule has 0 bridgehead atoms. The smallest absolute Gasteiger partial charge is 0.210 e. The minimum Gasteiger partial charge on any atom is -0.355 e. The first-order valence-corrected chi connectivity index (χ1v) is 8.60. The molecule has 3 rings (SSSR count). The van der Waals surface area contributed by atoms with E-state index in [-0.39, 0.29) is 6.10 Å². The summed E-state index contributed by atoms with van der Waals surface area (Å²) in [6.07, 6.45) is 1.19. The molecule has 0 aliphatic carbocycles. The maximum atomic E-state index is 5.52. The molecule has 1 aromatic carbocycles. The van der Waals surface area contributed by atoms with Gasteiger partial charge in [0.15, 0.2) is 4.34 Å². The van der Waals surface area contributed by atoms with E-state index in [0.717, 1.165) is 33.9 Å². The van der Waals surface area contributed by atoms with E-state index in [9.17, 15) is 0 Å². The predicted octanol–water partition coefficient (Wildman–Crippen LogP) is 3.45. The molecule has 0 amide bonds. The lowest BCUT2D eigenvalue weighted by Gasteiger charge is -2.21. The van der Waals surface area contributed by atoms with E-state index in [1.165, 1.54) is 5.56 Å². The van der Waals surface area contributed by atoms with Crippen molar-refractivity contribution in [2.45, 2.75) is 23.8 Å². The average molecular weight is 323 g/mol. The molecule has 1 aliphatic rings. The van der Waals surface area contributed by atoms with Crippen LogP contribution in [0.4, 0.5) is 10.8 Å². The van der Waals surface area contributed by atoms with Gasteiger partial charge in [0.25, 0.3) is 0 Å². The minimum absolute atomic E-state index is 0.250. The first kappa shape index (κ1) is 14.8.